The summed E-state index contributed by atoms with van der Waals surface area (Å²) in [6.07, 6.45) is -1.74. The van der Waals surface area contributed by atoms with Gasteiger partial charge in [0.15, 0.2) is 0 Å². The fourth-order valence-corrected chi connectivity index (χ4v) is 1.68. The van der Waals surface area contributed by atoms with Gasteiger partial charge in [-0.25, -0.2) is 14.2 Å². The number of carbonyl (C=O) groups is 1. The second kappa shape index (κ2) is 4.48. The first kappa shape index (κ1) is 12.1. The smallest absolute Gasteiger partial charge is 0.405 e. The Hall–Kier alpha value is -2.37. The van der Waals surface area contributed by atoms with Gasteiger partial charge in [-0.1, -0.05) is 0 Å². The Kier molecular flexibility index (Phi) is 3.01. The fourth-order valence-electron chi connectivity index (χ4n) is 1.68. The van der Waals surface area contributed by atoms with Gasteiger partial charge in [-0.3, -0.25) is 0 Å². The van der Waals surface area contributed by atoms with Crippen molar-refractivity contribution in [2.45, 2.75) is 13.0 Å². The maximum absolute atomic E-state index is 13.0. The van der Waals surface area contributed by atoms with Crippen LogP contribution in [0, 0.1) is 5.82 Å². The van der Waals surface area contributed by atoms with Crippen LogP contribution in [-0.2, 0) is 4.74 Å². The first-order valence-corrected chi connectivity index (χ1v) is 5.22. The van der Waals surface area contributed by atoms with E-state index in [0.717, 1.165) is 0 Å². The predicted molar refractivity (Wildman–Crippen MR) is 62.4 cm³/mol. The number of benzene rings is 1. The monoisotopic (exact) mass is 250 g/mol. The number of carbonyl (C=O) groups excluding carboxylic acids is 1. The van der Waals surface area contributed by atoms with Gasteiger partial charge in [-0.15, -0.1) is 0 Å². The molecule has 3 N–H and O–H groups in total. The van der Waals surface area contributed by atoms with E-state index in [0.29, 0.717) is 10.9 Å². The van der Waals surface area contributed by atoms with Crippen LogP contribution in [0.3, 0.4) is 0 Å². The second-order valence-corrected chi connectivity index (χ2v) is 3.81. The van der Waals surface area contributed by atoms with Crippen LogP contribution in [0.2, 0.25) is 0 Å². The number of primary amides is 1. The van der Waals surface area contributed by atoms with Crippen molar-refractivity contribution in [3.63, 3.8) is 0 Å². The zero-order valence-electron chi connectivity index (χ0n) is 9.55. The summed E-state index contributed by atoms with van der Waals surface area (Å²) in [6.45, 7) is 1.53. The molecule has 2 rings (SSSR count). The number of nitrogens with zero attached hydrogens (tertiary/aromatic N) is 1. The molecule has 0 radical (unpaired) electrons. The number of nitrogens with two attached hydrogens (primary N) is 1. The molecule has 0 aliphatic rings. The molecule has 1 amide bonds. The normalized spacial score (nSPS) is 12.3. The maximum Gasteiger partial charge on any atom is 0.405 e. The molecule has 0 aliphatic heterocycles. The summed E-state index contributed by atoms with van der Waals surface area (Å²) >= 11 is 0. The molecule has 0 spiro atoms. The minimum Gasteiger partial charge on any atom is -0.506 e. The maximum atomic E-state index is 13.0. The standard InChI is InChI=1S/C12H11FN2O3/c1-6(18-12(14)17)11-10(16)5-7-4-8(13)2-3-9(7)15-11/h2-6,16H,1H3,(H2,14,17). The number of hydrogen-bond acceptors (Lipinski definition) is 4. The minimum absolute atomic E-state index is 0.174. The highest BCUT2D eigenvalue weighted by Gasteiger charge is 2.16. The molecule has 0 aliphatic carbocycles. The van der Waals surface area contributed by atoms with Crippen molar-refractivity contribution in [1.82, 2.24) is 4.98 Å². The van der Waals surface area contributed by atoms with Gasteiger partial charge in [0.25, 0.3) is 0 Å². The van der Waals surface area contributed by atoms with Crippen molar-refractivity contribution in [3.8, 4) is 5.75 Å². The van der Waals surface area contributed by atoms with Crippen LogP contribution in [-0.4, -0.2) is 16.2 Å². The molecule has 94 valence electrons. The third-order valence-corrected chi connectivity index (χ3v) is 2.46. The first-order chi connectivity index (χ1) is 8.47. The van der Waals surface area contributed by atoms with Gasteiger partial charge in [0, 0.05) is 5.39 Å². The van der Waals surface area contributed by atoms with Crippen molar-refractivity contribution in [2.24, 2.45) is 5.73 Å². The van der Waals surface area contributed by atoms with E-state index in [-0.39, 0.29) is 11.4 Å². The van der Waals surface area contributed by atoms with Gasteiger partial charge in [-0.2, -0.15) is 0 Å². The van der Waals surface area contributed by atoms with E-state index >= 15 is 0 Å². The lowest BCUT2D eigenvalue weighted by Gasteiger charge is -2.13. The number of pyridine rings is 1. The average molecular weight is 250 g/mol. The van der Waals surface area contributed by atoms with Crippen LogP contribution < -0.4 is 5.73 Å². The van der Waals surface area contributed by atoms with E-state index in [9.17, 15) is 14.3 Å². The minimum atomic E-state index is -0.956. The van der Waals surface area contributed by atoms with E-state index in [1.807, 2.05) is 0 Å². The lowest BCUT2D eigenvalue weighted by Crippen LogP contribution is -2.16. The van der Waals surface area contributed by atoms with Crippen LogP contribution in [0.1, 0.15) is 18.7 Å². The Labute approximate surface area is 102 Å². The highest BCUT2D eigenvalue weighted by molar-refractivity contribution is 5.80. The number of aromatic hydroxyl groups is 1. The molecule has 1 heterocycles. The lowest BCUT2D eigenvalue weighted by molar-refractivity contribution is 0.113. The topological polar surface area (TPSA) is 85.4 Å². The zero-order chi connectivity index (χ0) is 13.3. The third kappa shape index (κ3) is 2.32. The van der Waals surface area contributed by atoms with Gasteiger partial charge >= 0.3 is 6.09 Å². The molecular weight excluding hydrogens is 239 g/mol. The lowest BCUT2D eigenvalue weighted by atomic mass is 10.1. The molecule has 1 aromatic heterocycles. The van der Waals surface area contributed by atoms with Crippen molar-refractivity contribution < 1.29 is 19.0 Å². The summed E-state index contributed by atoms with van der Waals surface area (Å²) in [5.41, 5.74) is 5.56. The largest absolute Gasteiger partial charge is 0.506 e. The van der Waals surface area contributed by atoms with Gasteiger partial charge in [-0.05, 0) is 31.2 Å². The van der Waals surface area contributed by atoms with Crippen molar-refractivity contribution in [3.05, 3.63) is 35.8 Å². The fraction of sp³-hybridized carbons (Fsp3) is 0.167. The van der Waals surface area contributed by atoms with E-state index in [1.165, 1.54) is 31.2 Å². The van der Waals surface area contributed by atoms with Gasteiger partial charge in [0.1, 0.15) is 23.4 Å². The Morgan fingerprint density at radius 2 is 2.22 bits per heavy atom. The highest BCUT2D eigenvalue weighted by Crippen LogP contribution is 2.28. The molecular formula is C12H11FN2O3. The molecule has 5 nitrogen and oxygen atoms in total. The van der Waals surface area contributed by atoms with Crippen LogP contribution in [0.4, 0.5) is 9.18 Å². The predicted octanol–water partition coefficient (Wildman–Crippen LogP) is 2.24. The summed E-state index contributed by atoms with van der Waals surface area (Å²) in [4.78, 5) is 14.8. The Bertz CT molecular complexity index is 616. The highest BCUT2D eigenvalue weighted by atomic mass is 19.1. The molecule has 1 aromatic carbocycles. The molecule has 0 saturated carbocycles. The van der Waals surface area contributed by atoms with Crippen LogP contribution in [0.25, 0.3) is 10.9 Å². The molecule has 0 fully saturated rings. The number of fused-ring (bicyclic) bond motifs is 1. The van der Waals surface area contributed by atoms with Gasteiger partial charge in [0.2, 0.25) is 0 Å². The number of ether oxygens (including phenoxy) is 1. The van der Waals surface area contributed by atoms with Crippen LogP contribution >= 0.6 is 0 Å². The summed E-state index contributed by atoms with van der Waals surface area (Å²) < 4.78 is 17.7. The summed E-state index contributed by atoms with van der Waals surface area (Å²) in [7, 11) is 0. The second-order valence-electron chi connectivity index (χ2n) is 3.81. The zero-order valence-corrected chi connectivity index (χ0v) is 9.55. The van der Waals surface area contributed by atoms with Crippen molar-refractivity contribution in [2.75, 3.05) is 0 Å². The van der Waals surface area contributed by atoms with Crippen LogP contribution in [0.5, 0.6) is 5.75 Å². The molecule has 1 atom stereocenters. The average Bonchev–Trinajstić information content (AvgIpc) is 2.26. The van der Waals surface area contributed by atoms with Gasteiger partial charge in [0.05, 0.1) is 5.52 Å². The summed E-state index contributed by atoms with van der Waals surface area (Å²) in [6, 6.07) is 5.35. The molecule has 0 bridgehead atoms. The Balaban J connectivity index is 2.49. The third-order valence-electron chi connectivity index (χ3n) is 2.46. The quantitative estimate of drug-likeness (QED) is 0.855. The van der Waals surface area contributed by atoms with Crippen LogP contribution in [0.15, 0.2) is 24.3 Å². The van der Waals surface area contributed by atoms with Gasteiger partial charge < -0.3 is 15.6 Å². The number of rotatable bonds is 2. The molecule has 0 saturated heterocycles. The first-order valence-electron chi connectivity index (χ1n) is 5.22. The van der Waals surface area contributed by atoms with Crippen molar-refractivity contribution >= 4 is 17.0 Å². The Morgan fingerprint density at radius 1 is 1.50 bits per heavy atom. The number of amides is 1. The summed E-state index contributed by atoms with van der Waals surface area (Å²) in [5, 5.41) is 10.2. The van der Waals surface area contributed by atoms with E-state index in [2.05, 4.69) is 4.98 Å². The van der Waals surface area contributed by atoms with E-state index in [4.69, 9.17) is 10.5 Å². The molecule has 6 heteroatoms. The number of hydrogen-bond donors (Lipinski definition) is 2. The molecule has 2 aromatic rings. The van der Waals surface area contributed by atoms with E-state index in [1.54, 1.807) is 0 Å². The SMILES string of the molecule is CC(OC(N)=O)c1nc2ccc(F)cc2cc1O. The Morgan fingerprint density at radius 3 is 2.89 bits per heavy atom. The van der Waals surface area contributed by atoms with E-state index < -0.39 is 18.0 Å². The van der Waals surface area contributed by atoms with Crippen molar-refractivity contribution in [1.29, 1.82) is 0 Å². The summed E-state index contributed by atoms with van der Waals surface area (Å²) in [5.74, 6) is -0.597. The number of aromatic nitrogens is 1. The molecule has 18 heavy (non-hydrogen) atoms. The molecule has 1 unspecified atom stereocenters. The number of halogens is 1.